The minimum absolute atomic E-state index is 0.0116. The van der Waals surface area contributed by atoms with Crippen molar-refractivity contribution >= 4 is 16.9 Å². The van der Waals surface area contributed by atoms with E-state index in [4.69, 9.17) is 0 Å². The summed E-state index contributed by atoms with van der Waals surface area (Å²) in [6.45, 7) is 26.0. The normalized spacial score (nSPS) is 16.3. The molecule has 0 atom stereocenters. The van der Waals surface area contributed by atoms with E-state index in [0.29, 0.717) is 0 Å². The molecule has 0 aliphatic heterocycles. The molecule has 0 aromatic heterocycles. The lowest BCUT2D eigenvalue weighted by atomic mass is 9.66. The number of fused-ring (bicyclic) bond motifs is 12. The second-order valence-corrected chi connectivity index (χ2v) is 23.0. The van der Waals surface area contributed by atoms with Gasteiger partial charge in [0, 0.05) is 22.4 Å². The molecule has 66 heavy (non-hydrogen) atoms. The first-order chi connectivity index (χ1) is 31.4. The van der Waals surface area contributed by atoms with Crippen LogP contribution in [-0.4, -0.2) is 0 Å². The van der Waals surface area contributed by atoms with Crippen LogP contribution in [0.5, 0.6) is 0 Å². The molecule has 0 N–H and O–H groups in total. The van der Waals surface area contributed by atoms with Gasteiger partial charge in [0.1, 0.15) is 0 Å². The first-order valence-corrected chi connectivity index (χ1v) is 24.1. The third-order valence-corrected chi connectivity index (χ3v) is 15.5. The van der Waals surface area contributed by atoms with Crippen LogP contribution in [0.3, 0.4) is 0 Å². The second-order valence-electron chi connectivity index (χ2n) is 23.0. The number of para-hydroxylation sites is 1. The van der Waals surface area contributed by atoms with E-state index in [0.717, 1.165) is 6.42 Å². The second kappa shape index (κ2) is 14.5. The fraction of sp³-hybridized carbons (Fsp3) is 0.262. The Balaban J connectivity index is 1.17. The minimum atomic E-state index is -0.467. The summed E-state index contributed by atoms with van der Waals surface area (Å²) in [5.41, 5.74) is 26.0. The molecule has 7 aromatic carbocycles. The number of rotatable bonds is 4. The van der Waals surface area contributed by atoms with Crippen molar-refractivity contribution in [2.24, 2.45) is 0 Å². The van der Waals surface area contributed by atoms with Crippen LogP contribution in [0, 0.1) is 0 Å². The fourth-order valence-corrected chi connectivity index (χ4v) is 11.8. The summed E-state index contributed by atoms with van der Waals surface area (Å²) in [5, 5.41) is 0. The van der Waals surface area contributed by atoms with Crippen molar-refractivity contribution in [3.8, 4) is 33.4 Å². The molecule has 0 fully saturated rings. The van der Waals surface area contributed by atoms with Gasteiger partial charge < -0.3 is 4.90 Å². The third kappa shape index (κ3) is 6.26. The monoisotopic (exact) mass is 857 g/mol. The van der Waals surface area contributed by atoms with Crippen molar-refractivity contribution in [1.82, 2.24) is 0 Å². The van der Waals surface area contributed by atoms with E-state index in [1.807, 2.05) is 0 Å². The lowest BCUT2D eigenvalue weighted by Gasteiger charge is -2.35. The number of allylic oxidation sites excluding steroid dienone is 5. The Bertz CT molecular complexity index is 3170. The van der Waals surface area contributed by atoms with Crippen LogP contribution in [0.2, 0.25) is 0 Å². The minimum Gasteiger partial charge on any atom is -0.310 e. The van der Waals surface area contributed by atoms with Crippen molar-refractivity contribution in [2.45, 2.75) is 110 Å². The fourth-order valence-electron chi connectivity index (χ4n) is 11.8. The standard InChI is InChI=1S/C65H63N/c1-61(2,3)42-25-31-51-49-34-28-45(30-36-55(49)65(57(51)37-42)58-38-43(62(4,5)6)26-32-52(58)53-33-27-44(39-59(53)65)63(7,8)9)66(60-24-18-16-21-47(60)41-19-13-12-14-20-41)46-29-35-50-48-22-15-17-23-54(48)64(10,11)56(50)40-46/h12-35,37-40H,36H2,1-11H3. The molecule has 0 radical (unpaired) electrons. The summed E-state index contributed by atoms with van der Waals surface area (Å²) >= 11 is 0. The number of hydrogen-bond acceptors (Lipinski definition) is 1. The van der Waals surface area contributed by atoms with Crippen LogP contribution < -0.4 is 4.90 Å². The molecule has 328 valence electrons. The van der Waals surface area contributed by atoms with Crippen molar-refractivity contribution in [3.63, 3.8) is 0 Å². The van der Waals surface area contributed by atoms with Crippen molar-refractivity contribution in [1.29, 1.82) is 0 Å². The smallest absolute Gasteiger partial charge is 0.0691 e. The first kappa shape index (κ1) is 42.2. The van der Waals surface area contributed by atoms with Crippen molar-refractivity contribution in [3.05, 3.63) is 231 Å². The molecule has 1 nitrogen and oxygen atoms in total. The van der Waals surface area contributed by atoms with Crippen LogP contribution in [-0.2, 0) is 27.1 Å². The highest BCUT2D eigenvalue weighted by molar-refractivity contribution is 5.98. The Kier molecular flexibility index (Phi) is 9.29. The molecule has 0 amide bonds. The summed E-state index contributed by atoms with van der Waals surface area (Å²) in [4.78, 5) is 2.54. The van der Waals surface area contributed by atoms with Gasteiger partial charge in [-0.05, 0) is 136 Å². The highest BCUT2D eigenvalue weighted by Crippen LogP contribution is 2.64. The Labute approximate surface area is 394 Å². The predicted molar refractivity (Wildman–Crippen MR) is 281 cm³/mol. The van der Waals surface area contributed by atoms with Gasteiger partial charge in [-0.25, -0.2) is 0 Å². The summed E-state index contributed by atoms with van der Waals surface area (Å²) in [5.74, 6) is 0. The molecule has 4 aliphatic rings. The van der Waals surface area contributed by atoms with E-state index < -0.39 is 5.41 Å². The van der Waals surface area contributed by atoms with E-state index in [1.54, 1.807) is 0 Å². The Morgan fingerprint density at radius 3 is 1.52 bits per heavy atom. The molecule has 1 spiro atoms. The SMILES string of the molecule is CC(C)(C)c1ccc2c(c1)C1(C3=C2C=CC(N(c2ccc4c(c2)C(C)(C)c2ccccc2-4)c2ccccc2-c2ccccc2)=CC3)c2cc(C(C)(C)C)ccc2-c2ccc(C(C)(C)C)cc21. The highest BCUT2D eigenvalue weighted by atomic mass is 15.1. The van der Waals surface area contributed by atoms with Crippen molar-refractivity contribution < 1.29 is 0 Å². The number of benzene rings is 7. The van der Waals surface area contributed by atoms with Gasteiger partial charge in [0.05, 0.1) is 11.1 Å². The largest absolute Gasteiger partial charge is 0.310 e. The molecule has 0 unspecified atom stereocenters. The highest BCUT2D eigenvalue weighted by Gasteiger charge is 2.53. The van der Waals surface area contributed by atoms with Gasteiger partial charge >= 0.3 is 0 Å². The van der Waals surface area contributed by atoms with Gasteiger partial charge in [0.15, 0.2) is 0 Å². The van der Waals surface area contributed by atoms with Crippen LogP contribution in [0.15, 0.2) is 181 Å². The van der Waals surface area contributed by atoms with Gasteiger partial charge in [-0.2, -0.15) is 0 Å². The summed E-state index contributed by atoms with van der Waals surface area (Å²) in [7, 11) is 0. The lowest BCUT2D eigenvalue weighted by Crippen LogP contribution is -2.29. The number of nitrogens with zero attached hydrogens (tertiary/aromatic N) is 1. The topological polar surface area (TPSA) is 3.24 Å². The molecule has 1 heteroatoms. The van der Waals surface area contributed by atoms with Crippen molar-refractivity contribution in [2.75, 3.05) is 4.90 Å². The van der Waals surface area contributed by atoms with Gasteiger partial charge in [-0.1, -0.05) is 222 Å². The zero-order chi connectivity index (χ0) is 46.1. The number of hydrogen-bond donors (Lipinski definition) is 0. The maximum atomic E-state index is 2.58. The van der Waals surface area contributed by atoms with E-state index in [9.17, 15) is 0 Å². The first-order valence-electron chi connectivity index (χ1n) is 24.1. The Morgan fingerprint density at radius 2 is 0.909 bits per heavy atom. The zero-order valence-corrected chi connectivity index (χ0v) is 40.8. The molecule has 0 saturated carbocycles. The molecule has 0 saturated heterocycles. The third-order valence-electron chi connectivity index (χ3n) is 15.5. The quantitative estimate of drug-likeness (QED) is 0.170. The van der Waals surface area contributed by atoms with E-state index >= 15 is 0 Å². The molecule has 0 heterocycles. The van der Waals surface area contributed by atoms with E-state index in [1.165, 1.54) is 112 Å². The van der Waals surface area contributed by atoms with Crippen LogP contribution in [0.4, 0.5) is 11.4 Å². The zero-order valence-electron chi connectivity index (χ0n) is 40.8. The Hall–Kier alpha value is -6.44. The molecule has 0 bridgehead atoms. The van der Waals surface area contributed by atoms with Crippen LogP contribution in [0.25, 0.3) is 39.0 Å². The Morgan fingerprint density at radius 1 is 0.424 bits per heavy atom. The molecule has 11 rings (SSSR count). The molecular formula is C65H63N. The average molecular weight is 858 g/mol. The van der Waals surface area contributed by atoms with Gasteiger partial charge in [0.2, 0.25) is 0 Å². The summed E-state index contributed by atoms with van der Waals surface area (Å²) < 4.78 is 0. The maximum absolute atomic E-state index is 2.58. The van der Waals surface area contributed by atoms with Crippen LogP contribution >= 0.6 is 0 Å². The predicted octanol–water partition coefficient (Wildman–Crippen LogP) is 17.3. The lowest BCUT2D eigenvalue weighted by molar-refractivity contribution is 0.583. The van der Waals surface area contributed by atoms with Gasteiger partial charge in [0.25, 0.3) is 0 Å². The molecule has 7 aromatic rings. The van der Waals surface area contributed by atoms with E-state index in [2.05, 4.69) is 251 Å². The molecular weight excluding hydrogens is 795 g/mol. The number of anilines is 2. The summed E-state index contributed by atoms with van der Waals surface area (Å²) in [6.07, 6.45) is 8.24. The summed E-state index contributed by atoms with van der Waals surface area (Å²) in [6, 6.07) is 58.3. The average Bonchev–Trinajstić information content (AvgIpc) is 3.74. The van der Waals surface area contributed by atoms with Gasteiger partial charge in [-0.15, -0.1) is 0 Å². The van der Waals surface area contributed by atoms with Crippen LogP contribution in [0.1, 0.15) is 133 Å². The van der Waals surface area contributed by atoms with Gasteiger partial charge in [-0.3, -0.25) is 0 Å². The molecule has 4 aliphatic carbocycles. The van der Waals surface area contributed by atoms with E-state index in [-0.39, 0.29) is 21.7 Å². The maximum Gasteiger partial charge on any atom is 0.0691 e.